The minimum atomic E-state index is -5.70. The van der Waals surface area contributed by atoms with E-state index >= 15 is 0 Å². The maximum absolute atomic E-state index is 12.7. The molecule has 1 aromatic heterocycles. The maximum Gasteiger partial charge on any atom is 0.483 e. The molecular weight excluding hydrogens is 640 g/mol. The number of carbonyl (C=O) groups excluding carboxylic acids is 1. The highest BCUT2D eigenvalue weighted by molar-refractivity contribution is 7.61. The Labute approximate surface area is 246 Å². The molecule has 44 heavy (non-hydrogen) atoms. The maximum atomic E-state index is 12.7. The quantitative estimate of drug-likeness (QED) is 0.106. The van der Waals surface area contributed by atoms with Crippen LogP contribution in [0.4, 0.5) is 0 Å². The number of carbonyl (C=O) groups is 1. The number of ether oxygens (including phenoxy) is 2. The predicted octanol–water partition coefficient (Wildman–Crippen LogP) is -3.36. The van der Waals surface area contributed by atoms with Crippen molar-refractivity contribution in [3.8, 4) is 0 Å². The Kier molecular flexibility index (Phi) is 10.7. The summed E-state index contributed by atoms with van der Waals surface area (Å²) < 4.78 is 50.1. The standard InChI is InChI=1S/C22H29N3O17P2/c26-8-11-15(28)17(30)14(24-19(32)10-4-2-1-3-5-10)21(40-11)41-44(36,37)42-43(34,35)38-9-12-16(29)18(31)20(39-12)25-7-6-13(27)23-22(25)33/h1-7,11-12,14-18,20-21,26,28-31H,8-9H2,(H,24,32)(H,34,35)(H,36,37)(H,23,27,33)/t11?,12-,14?,15?,16?,17?,18+,20-,21?/m1/s1. The lowest BCUT2D eigenvalue weighted by Gasteiger charge is -2.42. The van der Waals surface area contributed by atoms with Gasteiger partial charge in [0.15, 0.2) is 12.5 Å². The van der Waals surface area contributed by atoms with Crippen molar-refractivity contribution < 1.29 is 72.1 Å². The molecule has 2 saturated heterocycles. The van der Waals surface area contributed by atoms with Crippen molar-refractivity contribution in [2.75, 3.05) is 13.2 Å². The number of phosphoric acid groups is 2. The highest BCUT2D eigenvalue weighted by atomic mass is 31.3. The molecule has 2 aliphatic rings. The molecule has 0 radical (unpaired) electrons. The van der Waals surface area contributed by atoms with E-state index in [1.807, 2.05) is 4.98 Å². The van der Waals surface area contributed by atoms with E-state index in [9.17, 15) is 58.8 Å². The van der Waals surface area contributed by atoms with Crippen molar-refractivity contribution in [2.45, 2.75) is 55.2 Å². The first-order valence-electron chi connectivity index (χ1n) is 12.6. The van der Waals surface area contributed by atoms with E-state index in [1.54, 1.807) is 6.07 Å². The van der Waals surface area contributed by atoms with Crippen LogP contribution in [0.5, 0.6) is 0 Å². The number of nitrogens with zero attached hydrogens (tertiary/aromatic N) is 1. The number of aromatic nitrogens is 2. The Morgan fingerprint density at radius 2 is 1.59 bits per heavy atom. The summed E-state index contributed by atoms with van der Waals surface area (Å²) >= 11 is 0. The van der Waals surface area contributed by atoms with Gasteiger partial charge in [0.1, 0.15) is 42.7 Å². The molecule has 4 rings (SSSR count). The van der Waals surface area contributed by atoms with Crippen LogP contribution in [-0.2, 0) is 32.0 Å². The van der Waals surface area contributed by atoms with Gasteiger partial charge in [-0.2, -0.15) is 4.31 Å². The van der Waals surface area contributed by atoms with Crippen LogP contribution in [0.15, 0.2) is 52.2 Å². The van der Waals surface area contributed by atoms with Gasteiger partial charge >= 0.3 is 21.3 Å². The summed E-state index contributed by atoms with van der Waals surface area (Å²) in [5.41, 5.74) is -1.69. The number of H-pyrrole nitrogens is 1. The largest absolute Gasteiger partial charge is 0.483 e. The van der Waals surface area contributed by atoms with Gasteiger partial charge in [-0.3, -0.25) is 28.2 Å². The molecule has 1 aromatic carbocycles. The summed E-state index contributed by atoms with van der Waals surface area (Å²) in [6.45, 7) is -1.97. The molecule has 1 amide bonds. The van der Waals surface area contributed by atoms with E-state index in [4.69, 9.17) is 14.0 Å². The Balaban J connectivity index is 1.42. The molecule has 0 spiro atoms. The number of aliphatic hydroxyl groups excluding tert-OH is 5. The molecule has 2 aromatic rings. The van der Waals surface area contributed by atoms with Gasteiger partial charge in [0.05, 0.1) is 13.2 Å². The molecule has 8 unspecified atom stereocenters. The Bertz CT molecular complexity index is 1520. The smallest absolute Gasteiger partial charge is 0.394 e. The average molecular weight is 669 g/mol. The fourth-order valence-electron chi connectivity index (χ4n) is 4.35. The van der Waals surface area contributed by atoms with Crippen molar-refractivity contribution in [2.24, 2.45) is 0 Å². The first-order chi connectivity index (χ1) is 20.6. The van der Waals surface area contributed by atoms with Gasteiger partial charge in [0, 0.05) is 17.8 Å². The summed E-state index contributed by atoms with van der Waals surface area (Å²) in [6.07, 6.45) is -13.3. The number of hydrogen-bond donors (Lipinski definition) is 9. The molecule has 2 aliphatic heterocycles. The second-order valence-corrected chi connectivity index (χ2v) is 12.6. The molecule has 9 N–H and O–H groups in total. The third-order valence-corrected chi connectivity index (χ3v) is 9.12. The number of aromatic amines is 1. The number of benzene rings is 1. The van der Waals surface area contributed by atoms with E-state index in [0.717, 1.165) is 16.8 Å². The van der Waals surface area contributed by atoms with Gasteiger partial charge in [0.25, 0.3) is 11.5 Å². The van der Waals surface area contributed by atoms with Crippen LogP contribution >= 0.6 is 15.6 Å². The summed E-state index contributed by atoms with van der Waals surface area (Å²) in [5.74, 6) is -0.842. The number of aliphatic hydroxyl groups is 5. The summed E-state index contributed by atoms with van der Waals surface area (Å²) in [5, 5.41) is 53.0. The third-order valence-electron chi connectivity index (χ3n) is 6.52. The Morgan fingerprint density at radius 1 is 0.932 bits per heavy atom. The van der Waals surface area contributed by atoms with Gasteiger partial charge in [-0.05, 0) is 12.1 Å². The van der Waals surface area contributed by atoms with E-state index in [1.165, 1.54) is 24.3 Å². The Morgan fingerprint density at radius 3 is 2.23 bits per heavy atom. The fraction of sp³-hybridized carbons (Fsp3) is 0.500. The van der Waals surface area contributed by atoms with Crippen LogP contribution in [0, 0.1) is 0 Å². The van der Waals surface area contributed by atoms with Crippen LogP contribution in [-0.4, -0.2) is 113 Å². The highest BCUT2D eigenvalue weighted by Crippen LogP contribution is 2.61. The highest BCUT2D eigenvalue weighted by Gasteiger charge is 2.50. The van der Waals surface area contributed by atoms with E-state index in [-0.39, 0.29) is 5.56 Å². The van der Waals surface area contributed by atoms with Crippen molar-refractivity contribution in [1.82, 2.24) is 14.9 Å². The molecule has 3 heterocycles. The topological polar surface area (TPSA) is 306 Å². The molecular formula is C22H29N3O17P2. The normalized spacial score (nSPS) is 33.3. The summed E-state index contributed by atoms with van der Waals surface area (Å²) in [4.78, 5) is 58.1. The predicted molar refractivity (Wildman–Crippen MR) is 140 cm³/mol. The zero-order valence-electron chi connectivity index (χ0n) is 22.2. The van der Waals surface area contributed by atoms with Crippen molar-refractivity contribution in [3.05, 3.63) is 69.0 Å². The van der Waals surface area contributed by atoms with Crippen molar-refractivity contribution in [1.29, 1.82) is 0 Å². The van der Waals surface area contributed by atoms with Crippen molar-refractivity contribution in [3.63, 3.8) is 0 Å². The molecule has 2 fully saturated rings. The van der Waals surface area contributed by atoms with Crippen LogP contribution in [0.25, 0.3) is 0 Å². The summed E-state index contributed by atoms with van der Waals surface area (Å²) in [6, 6.07) is 6.57. The van der Waals surface area contributed by atoms with Gasteiger partial charge < -0.3 is 50.1 Å². The monoisotopic (exact) mass is 669 g/mol. The van der Waals surface area contributed by atoms with E-state index in [0.29, 0.717) is 0 Å². The Hall–Kier alpha value is -2.65. The minimum absolute atomic E-state index is 0.0722. The first-order valence-corrected chi connectivity index (χ1v) is 15.6. The minimum Gasteiger partial charge on any atom is -0.394 e. The lowest BCUT2D eigenvalue weighted by Crippen LogP contribution is -2.64. The summed E-state index contributed by atoms with van der Waals surface area (Å²) in [7, 11) is -11.3. The fourth-order valence-corrected chi connectivity index (χ4v) is 6.51. The van der Waals surface area contributed by atoms with Crippen LogP contribution < -0.4 is 16.6 Å². The molecule has 244 valence electrons. The van der Waals surface area contributed by atoms with E-state index < -0.39 is 101 Å². The molecule has 0 saturated carbocycles. The molecule has 11 atom stereocenters. The molecule has 0 bridgehead atoms. The lowest BCUT2D eigenvalue weighted by atomic mass is 9.97. The first kappa shape index (κ1) is 34.2. The van der Waals surface area contributed by atoms with Crippen LogP contribution in [0.2, 0.25) is 0 Å². The number of nitrogens with one attached hydrogen (secondary N) is 2. The third kappa shape index (κ3) is 7.94. The number of rotatable bonds is 11. The van der Waals surface area contributed by atoms with Crippen molar-refractivity contribution >= 4 is 21.6 Å². The van der Waals surface area contributed by atoms with Gasteiger partial charge in [-0.15, -0.1) is 0 Å². The zero-order valence-corrected chi connectivity index (χ0v) is 24.0. The lowest BCUT2D eigenvalue weighted by molar-refractivity contribution is -0.246. The van der Waals surface area contributed by atoms with Crippen LogP contribution in [0.1, 0.15) is 16.6 Å². The molecule has 0 aliphatic carbocycles. The SMILES string of the molecule is O=C(NC1C(OP(=O)(O)OP(=O)(O)OC[C@H]2O[C@@H](n3ccc(=O)[nH]c3=O)[C@@H](O)C2O)OC(CO)C(O)C1O)c1ccccc1. The molecule has 22 heteroatoms. The second-order valence-electron chi connectivity index (χ2n) is 9.56. The van der Waals surface area contributed by atoms with Gasteiger partial charge in [-0.1, -0.05) is 18.2 Å². The van der Waals surface area contributed by atoms with E-state index in [2.05, 4.69) is 14.2 Å². The average Bonchev–Trinajstić information content (AvgIpc) is 3.24. The van der Waals surface area contributed by atoms with Gasteiger partial charge in [-0.25, -0.2) is 13.9 Å². The van der Waals surface area contributed by atoms with Gasteiger partial charge in [0.2, 0.25) is 0 Å². The number of phosphoric ester groups is 2. The number of hydrogen-bond acceptors (Lipinski definition) is 15. The van der Waals surface area contributed by atoms with Crippen LogP contribution in [0.3, 0.4) is 0 Å². The second kappa shape index (κ2) is 13.8. The molecule has 20 nitrogen and oxygen atoms in total. The zero-order chi connectivity index (χ0) is 32.4. The number of amides is 1.